The summed E-state index contributed by atoms with van der Waals surface area (Å²) in [5.74, 6) is -0.961. The van der Waals surface area contributed by atoms with Gasteiger partial charge in [-0.2, -0.15) is 0 Å². The van der Waals surface area contributed by atoms with E-state index in [0.29, 0.717) is 25.2 Å². The van der Waals surface area contributed by atoms with Gasteiger partial charge in [0.15, 0.2) is 0 Å². The van der Waals surface area contributed by atoms with Gasteiger partial charge >= 0.3 is 5.97 Å². The molecule has 0 bridgehead atoms. The normalized spacial score (nSPS) is 29.6. The lowest BCUT2D eigenvalue weighted by Gasteiger charge is -2.37. The van der Waals surface area contributed by atoms with E-state index in [1.165, 1.54) is 0 Å². The zero-order valence-electron chi connectivity index (χ0n) is 11.2. The number of carboxylic acid groups (broad SMARTS) is 1. The van der Waals surface area contributed by atoms with E-state index in [1.54, 1.807) is 0 Å². The van der Waals surface area contributed by atoms with E-state index in [2.05, 4.69) is 5.32 Å². The molecule has 0 aliphatic heterocycles. The minimum atomic E-state index is -1.11. The molecule has 1 amide bonds. The Morgan fingerprint density at radius 1 is 1.56 bits per heavy atom. The number of aliphatic carboxylic acids is 1. The van der Waals surface area contributed by atoms with Crippen LogP contribution >= 0.6 is 0 Å². The van der Waals surface area contributed by atoms with E-state index >= 15 is 0 Å². The molecule has 4 N–H and O–H groups in total. The van der Waals surface area contributed by atoms with Crippen LogP contribution in [-0.4, -0.2) is 28.6 Å². The smallest absolute Gasteiger partial charge is 0.329 e. The van der Waals surface area contributed by atoms with Crippen molar-refractivity contribution >= 4 is 11.9 Å². The maximum atomic E-state index is 11.9. The number of hydrogen-bond donors (Lipinski definition) is 3. The fourth-order valence-corrected chi connectivity index (χ4v) is 2.68. The molecule has 0 spiro atoms. The van der Waals surface area contributed by atoms with E-state index < -0.39 is 17.6 Å². The SMILES string of the molecule is CCC[C@@H](N)C(=O)NC1(C(=O)O)CCCC(C)C1. The molecule has 2 unspecified atom stereocenters. The first kappa shape index (κ1) is 15.0. The number of hydrogen-bond acceptors (Lipinski definition) is 3. The van der Waals surface area contributed by atoms with E-state index in [1.807, 2.05) is 13.8 Å². The number of carbonyl (C=O) groups excluding carboxylic acids is 1. The molecule has 18 heavy (non-hydrogen) atoms. The molecule has 104 valence electrons. The molecular weight excluding hydrogens is 232 g/mol. The third-order valence-corrected chi connectivity index (χ3v) is 3.71. The molecule has 1 rings (SSSR count). The van der Waals surface area contributed by atoms with Gasteiger partial charge in [-0.3, -0.25) is 4.79 Å². The van der Waals surface area contributed by atoms with E-state index in [9.17, 15) is 14.7 Å². The Morgan fingerprint density at radius 2 is 2.22 bits per heavy atom. The molecule has 0 heterocycles. The number of rotatable bonds is 5. The second-order valence-corrected chi connectivity index (χ2v) is 5.47. The topological polar surface area (TPSA) is 92.4 Å². The molecule has 1 aliphatic carbocycles. The number of carbonyl (C=O) groups is 2. The molecule has 0 aromatic carbocycles. The predicted molar refractivity (Wildman–Crippen MR) is 69.0 cm³/mol. The quantitative estimate of drug-likeness (QED) is 0.690. The first-order valence-electron chi connectivity index (χ1n) is 6.72. The third kappa shape index (κ3) is 3.45. The van der Waals surface area contributed by atoms with Gasteiger partial charge in [0.2, 0.25) is 5.91 Å². The summed E-state index contributed by atoms with van der Waals surface area (Å²) in [6.07, 6.45) is 4.23. The third-order valence-electron chi connectivity index (χ3n) is 3.71. The fraction of sp³-hybridized carbons (Fsp3) is 0.846. The Bertz CT molecular complexity index is 319. The van der Waals surface area contributed by atoms with Gasteiger partial charge < -0.3 is 16.2 Å². The summed E-state index contributed by atoms with van der Waals surface area (Å²) in [6.45, 7) is 3.97. The van der Waals surface area contributed by atoms with Crippen molar-refractivity contribution in [3.63, 3.8) is 0 Å². The Kier molecular flexibility index (Phi) is 5.14. The van der Waals surface area contributed by atoms with Crippen molar-refractivity contribution in [1.82, 2.24) is 5.32 Å². The van der Waals surface area contributed by atoms with E-state index in [-0.39, 0.29) is 5.91 Å². The van der Waals surface area contributed by atoms with Crippen LogP contribution in [0.3, 0.4) is 0 Å². The summed E-state index contributed by atoms with van der Waals surface area (Å²) in [7, 11) is 0. The second kappa shape index (κ2) is 6.18. The maximum absolute atomic E-state index is 11.9. The molecule has 5 heteroatoms. The largest absolute Gasteiger partial charge is 0.480 e. The molecule has 0 aromatic heterocycles. The molecule has 0 saturated heterocycles. The van der Waals surface area contributed by atoms with Crippen molar-refractivity contribution in [1.29, 1.82) is 0 Å². The lowest BCUT2D eigenvalue weighted by Crippen LogP contribution is -2.59. The predicted octanol–water partition coefficient (Wildman–Crippen LogP) is 1.26. The Balaban J connectivity index is 2.74. The van der Waals surface area contributed by atoms with Crippen LogP contribution in [0.2, 0.25) is 0 Å². The van der Waals surface area contributed by atoms with Gasteiger partial charge in [-0.1, -0.05) is 33.1 Å². The highest BCUT2D eigenvalue weighted by Gasteiger charge is 2.43. The van der Waals surface area contributed by atoms with Crippen LogP contribution in [-0.2, 0) is 9.59 Å². The molecule has 1 saturated carbocycles. The van der Waals surface area contributed by atoms with Gasteiger partial charge in [0.25, 0.3) is 0 Å². The highest BCUT2D eigenvalue weighted by molar-refractivity contribution is 5.89. The minimum Gasteiger partial charge on any atom is -0.480 e. The first-order valence-corrected chi connectivity index (χ1v) is 6.72. The van der Waals surface area contributed by atoms with Crippen LogP contribution in [0.5, 0.6) is 0 Å². The van der Waals surface area contributed by atoms with E-state index in [4.69, 9.17) is 5.73 Å². The van der Waals surface area contributed by atoms with Crippen molar-refractivity contribution in [2.45, 2.75) is 64.0 Å². The van der Waals surface area contributed by atoms with Gasteiger partial charge in [-0.05, 0) is 25.2 Å². The van der Waals surface area contributed by atoms with Crippen molar-refractivity contribution in [3.8, 4) is 0 Å². The highest BCUT2D eigenvalue weighted by Crippen LogP contribution is 2.32. The Morgan fingerprint density at radius 3 is 2.72 bits per heavy atom. The zero-order valence-corrected chi connectivity index (χ0v) is 11.2. The minimum absolute atomic E-state index is 0.317. The number of amides is 1. The monoisotopic (exact) mass is 256 g/mol. The van der Waals surface area contributed by atoms with Crippen molar-refractivity contribution in [2.75, 3.05) is 0 Å². The van der Waals surface area contributed by atoms with Crippen LogP contribution in [0.4, 0.5) is 0 Å². The first-order chi connectivity index (χ1) is 8.41. The molecule has 1 fully saturated rings. The summed E-state index contributed by atoms with van der Waals surface area (Å²) in [6, 6.07) is -0.608. The van der Waals surface area contributed by atoms with Crippen molar-refractivity contribution in [3.05, 3.63) is 0 Å². The average Bonchev–Trinajstić information content (AvgIpc) is 2.29. The van der Waals surface area contributed by atoms with Gasteiger partial charge in [0.1, 0.15) is 5.54 Å². The molecule has 1 aliphatic rings. The molecule has 5 nitrogen and oxygen atoms in total. The lowest BCUT2D eigenvalue weighted by atomic mass is 9.76. The standard InChI is InChI=1S/C13H24N2O3/c1-3-5-10(14)11(16)15-13(12(17)18)7-4-6-9(2)8-13/h9-10H,3-8,14H2,1-2H3,(H,15,16)(H,17,18)/t9?,10-,13?/m1/s1. The van der Waals surface area contributed by atoms with Crippen molar-refractivity contribution in [2.24, 2.45) is 11.7 Å². The van der Waals surface area contributed by atoms with Crippen LogP contribution < -0.4 is 11.1 Å². The van der Waals surface area contributed by atoms with Crippen LogP contribution in [0, 0.1) is 5.92 Å². The van der Waals surface area contributed by atoms with Gasteiger partial charge in [-0.25, -0.2) is 4.79 Å². The maximum Gasteiger partial charge on any atom is 0.329 e. The average molecular weight is 256 g/mol. The van der Waals surface area contributed by atoms with Gasteiger partial charge in [-0.15, -0.1) is 0 Å². The highest BCUT2D eigenvalue weighted by atomic mass is 16.4. The summed E-state index contributed by atoms with van der Waals surface area (Å²) in [4.78, 5) is 23.4. The Labute approximate surface area is 108 Å². The number of carboxylic acids is 1. The van der Waals surface area contributed by atoms with E-state index in [0.717, 1.165) is 19.3 Å². The zero-order chi connectivity index (χ0) is 13.8. The molecule has 0 aromatic rings. The van der Waals surface area contributed by atoms with Crippen molar-refractivity contribution < 1.29 is 14.7 Å². The lowest BCUT2D eigenvalue weighted by molar-refractivity contribution is -0.150. The van der Waals surface area contributed by atoms with Crippen LogP contribution in [0.1, 0.15) is 52.4 Å². The fourth-order valence-electron chi connectivity index (χ4n) is 2.68. The summed E-state index contributed by atoms with van der Waals surface area (Å²) >= 11 is 0. The summed E-state index contributed by atoms with van der Waals surface area (Å²) in [5, 5.41) is 12.1. The molecule has 0 radical (unpaired) electrons. The summed E-state index contributed by atoms with van der Waals surface area (Å²) in [5.41, 5.74) is 4.62. The second-order valence-electron chi connectivity index (χ2n) is 5.47. The number of nitrogens with one attached hydrogen (secondary N) is 1. The molecular formula is C13H24N2O3. The summed E-state index contributed by atoms with van der Waals surface area (Å²) < 4.78 is 0. The molecule has 3 atom stereocenters. The van der Waals surface area contributed by atoms with Crippen LogP contribution in [0.15, 0.2) is 0 Å². The van der Waals surface area contributed by atoms with Gasteiger partial charge in [0, 0.05) is 0 Å². The van der Waals surface area contributed by atoms with Crippen LogP contribution in [0.25, 0.3) is 0 Å². The number of nitrogens with two attached hydrogens (primary N) is 1. The van der Waals surface area contributed by atoms with Gasteiger partial charge in [0.05, 0.1) is 6.04 Å². The Hall–Kier alpha value is -1.10.